The number of rotatable bonds is 2. The molecule has 7 rings (SSSR count). The zero-order valence-electron chi connectivity index (χ0n) is 19.2. The minimum absolute atomic E-state index is 0.352. The van der Waals surface area contributed by atoms with Gasteiger partial charge >= 0.3 is 0 Å². The van der Waals surface area contributed by atoms with Crippen LogP contribution in [0.15, 0.2) is 120 Å². The van der Waals surface area contributed by atoms with Crippen molar-refractivity contribution < 1.29 is 5.11 Å². The summed E-state index contributed by atoms with van der Waals surface area (Å²) in [6.45, 7) is 0. The molecule has 0 spiro atoms. The van der Waals surface area contributed by atoms with Crippen molar-refractivity contribution in [2.45, 2.75) is 16.7 Å². The van der Waals surface area contributed by atoms with Crippen LogP contribution in [-0.2, 0) is 0 Å². The van der Waals surface area contributed by atoms with Gasteiger partial charge in [0.1, 0.15) is 0 Å². The number of allylic oxidation sites excluding steroid dienone is 6. The SMILES string of the molecule is O/C=C(\C=C1/CSc2c1ccc1ccccc21)c1ccc2c(c1)-c1ccccc1C1C=CC=CC21. The van der Waals surface area contributed by atoms with Gasteiger partial charge in [-0.15, -0.1) is 11.8 Å². The Bertz CT molecular complexity index is 1620. The maximum absolute atomic E-state index is 10.3. The van der Waals surface area contributed by atoms with E-state index in [2.05, 4.69) is 109 Å². The highest BCUT2D eigenvalue weighted by Gasteiger charge is 2.31. The fourth-order valence-electron chi connectivity index (χ4n) is 5.88. The van der Waals surface area contributed by atoms with Crippen molar-refractivity contribution in [3.63, 3.8) is 0 Å². The summed E-state index contributed by atoms with van der Waals surface area (Å²) in [7, 11) is 0. The number of benzene rings is 4. The Hall–Kier alpha value is -3.75. The van der Waals surface area contributed by atoms with Crippen LogP contribution in [0.1, 0.15) is 34.1 Å². The van der Waals surface area contributed by atoms with E-state index in [4.69, 9.17) is 0 Å². The molecule has 1 heterocycles. The quantitative estimate of drug-likeness (QED) is 0.296. The topological polar surface area (TPSA) is 20.2 Å². The number of aliphatic hydroxyl groups is 1. The van der Waals surface area contributed by atoms with E-state index < -0.39 is 0 Å². The van der Waals surface area contributed by atoms with Gasteiger partial charge in [0, 0.05) is 28.1 Å². The highest BCUT2D eigenvalue weighted by molar-refractivity contribution is 8.00. The average molecular weight is 469 g/mol. The molecule has 2 unspecified atom stereocenters. The minimum Gasteiger partial charge on any atom is -0.515 e. The summed E-state index contributed by atoms with van der Waals surface area (Å²) in [5.41, 5.74) is 9.73. The van der Waals surface area contributed by atoms with Crippen molar-refractivity contribution >= 4 is 33.7 Å². The first kappa shape index (κ1) is 20.6. The first-order valence-corrected chi connectivity index (χ1v) is 13.1. The van der Waals surface area contributed by atoms with Crippen molar-refractivity contribution in [1.29, 1.82) is 0 Å². The van der Waals surface area contributed by atoms with E-state index in [1.54, 1.807) is 0 Å². The molecule has 0 saturated carbocycles. The third kappa shape index (κ3) is 3.25. The van der Waals surface area contributed by atoms with Gasteiger partial charge in [-0.25, -0.2) is 0 Å². The second-order valence-electron chi connectivity index (χ2n) is 9.42. The summed E-state index contributed by atoms with van der Waals surface area (Å²) in [6, 6.07) is 28.4. The third-order valence-corrected chi connectivity index (χ3v) is 8.74. The molecule has 3 aliphatic rings. The van der Waals surface area contributed by atoms with Gasteiger partial charge in [0.15, 0.2) is 0 Å². The Balaban J connectivity index is 1.32. The molecule has 2 aliphatic carbocycles. The second kappa shape index (κ2) is 8.18. The van der Waals surface area contributed by atoms with Crippen molar-refractivity contribution in [2.75, 3.05) is 5.75 Å². The van der Waals surface area contributed by atoms with Gasteiger partial charge in [0.25, 0.3) is 0 Å². The molecule has 4 aromatic rings. The summed E-state index contributed by atoms with van der Waals surface area (Å²) in [5, 5.41) is 12.9. The Morgan fingerprint density at radius 2 is 1.54 bits per heavy atom. The van der Waals surface area contributed by atoms with Crippen LogP contribution in [-0.4, -0.2) is 10.9 Å². The molecule has 0 bridgehead atoms. The predicted molar refractivity (Wildman–Crippen MR) is 149 cm³/mol. The van der Waals surface area contributed by atoms with Crippen LogP contribution in [0.25, 0.3) is 33.0 Å². The number of thioether (sulfide) groups is 1. The molecule has 0 radical (unpaired) electrons. The van der Waals surface area contributed by atoms with Crippen LogP contribution >= 0.6 is 11.8 Å². The van der Waals surface area contributed by atoms with E-state index in [0.717, 1.165) is 16.9 Å². The molecule has 0 aromatic heterocycles. The monoisotopic (exact) mass is 468 g/mol. The van der Waals surface area contributed by atoms with Crippen LogP contribution in [0, 0.1) is 0 Å². The molecule has 0 saturated heterocycles. The molecule has 2 heteroatoms. The molecule has 1 nitrogen and oxygen atoms in total. The van der Waals surface area contributed by atoms with Gasteiger partial charge in [0.05, 0.1) is 6.26 Å². The van der Waals surface area contributed by atoms with Gasteiger partial charge in [-0.2, -0.15) is 0 Å². The Labute approximate surface area is 209 Å². The number of aliphatic hydroxyl groups excluding tert-OH is 1. The lowest BCUT2D eigenvalue weighted by Gasteiger charge is -2.34. The molecule has 0 fully saturated rings. The van der Waals surface area contributed by atoms with Gasteiger partial charge in [0.2, 0.25) is 0 Å². The molecule has 168 valence electrons. The van der Waals surface area contributed by atoms with E-state index in [1.165, 1.54) is 55.3 Å². The third-order valence-electron chi connectivity index (χ3n) is 7.56. The molecule has 1 N–H and O–H groups in total. The lowest BCUT2D eigenvalue weighted by atomic mass is 9.69. The predicted octanol–water partition coefficient (Wildman–Crippen LogP) is 8.90. The standard InChI is InChI=1S/C33H24OS/c34-19-23(17-24-20-35-33-25-8-2-1-7-21(25)13-15-26(24)33)22-14-16-31-29-11-4-3-9-27(29)28-10-5-6-12-30(28)32(31)18-22/h1-19,27,29,34H,20H2/b23-19+,24-17+. The second-order valence-corrected chi connectivity index (χ2v) is 10.4. The van der Waals surface area contributed by atoms with Gasteiger partial charge in [-0.1, -0.05) is 97.1 Å². The lowest BCUT2D eigenvalue weighted by molar-refractivity contribution is 0.476. The summed E-state index contributed by atoms with van der Waals surface area (Å²) < 4.78 is 0. The number of fused-ring (bicyclic) bond motifs is 9. The molecule has 2 atom stereocenters. The van der Waals surface area contributed by atoms with Gasteiger partial charge in [-0.3, -0.25) is 0 Å². The van der Waals surface area contributed by atoms with Gasteiger partial charge in [-0.05, 0) is 61.9 Å². The first-order valence-electron chi connectivity index (χ1n) is 12.1. The van der Waals surface area contributed by atoms with E-state index >= 15 is 0 Å². The van der Waals surface area contributed by atoms with Crippen LogP contribution in [0.5, 0.6) is 0 Å². The van der Waals surface area contributed by atoms with Crippen LogP contribution < -0.4 is 0 Å². The Morgan fingerprint density at radius 3 is 2.40 bits per heavy atom. The van der Waals surface area contributed by atoms with Crippen molar-refractivity contribution in [2.24, 2.45) is 0 Å². The van der Waals surface area contributed by atoms with Crippen molar-refractivity contribution in [1.82, 2.24) is 0 Å². The molecular weight excluding hydrogens is 444 g/mol. The van der Waals surface area contributed by atoms with E-state index in [1.807, 2.05) is 11.8 Å². The highest BCUT2D eigenvalue weighted by Crippen LogP contribution is 2.50. The fraction of sp³-hybridized carbons (Fsp3) is 0.0909. The summed E-state index contributed by atoms with van der Waals surface area (Å²) in [5.74, 6) is 1.65. The average Bonchev–Trinajstić information content (AvgIpc) is 3.35. The van der Waals surface area contributed by atoms with Gasteiger partial charge < -0.3 is 5.11 Å². The maximum atomic E-state index is 10.3. The van der Waals surface area contributed by atoms with Crippen molar-refractivity contribution in [3.8, 4) is 11.1 Å². The fourth-order valence-corrected chi connectivity index (χ4v) is 7.11. The normalized spacial score (nSPS) is 21.0. The lowest BCUT2D eigenvalue weighted by Crippen LogP contribution is -2.16. The number of hydrogen-bond donors (Lipinski definition) is 1. The molecule has 4 aromatic carbocycles. The van der Waals surface area contributed by atoms with Crippen LogP contribution in [0.3, 0.4) is 0 Å². The van der Waals surface area contributed by atoms with Crippen LogP contribution in [0.2, 0.25) is 0 Å². The smallest absolute Gasteiger partial charge is 0.0870 e. The summed E-state index contributed by atoms with van der Waals surface area (Å²) >= 11 is 1.89. The van der Waals surface area contributed by atoms with Crippen LogP contribution in [0.4, 0.5) is 0 Å². The Kier molecular flexibility index (Phi) is 4.82. The van der Waals surface area contributed by atoms with Crippen molar-refractivity contribution in [3.05, 3.63) is 138 Å². The molecule has 35 heavy (non-hydrogen) atoms. The first-order chi connectivity index (χ1) is 17.3. The summed E-state index contributed by atoms with van der Waals surface area (Å²) in [4.78, 5) is 1.34. The molecular formula is C33H24OS. The maximum Gasteiger partial charge on any atom is 0.0870 e. The zero-order valence-corrected chi connectivity index (χ0v) is 20.0. The number of hydrogen-bond acceptors (Lipinski definition) is 2. The molecule has 1 aliphatic heterocycles. The highest BCUT2D eigenvalue weighted by atomic mass is 32.2. The Morgan fingerprint density at radius 1 is 0.771 bits per heavy atom. The largest absolute Gasteiger partial charge is 0.515 e. The van der Waals surface area contributed by atoms with E-state index in [0.29, 0.717) is 11.8 Å². The zero-order chi connectivity index (χ0) is 23.4. The minimum atomic E-state index is 0.352. The summed E-state index contributed by atoms with van der Waals surface area (Å²) in [6.07, 6.45) is 12.4. The molecule has 0 amide bonds. The van der Waals surface area contributed by atoms with E-state index in [9.17, 15) is 5.11 Å². The van der Waals surface area contributed by atoms with E-state index in [-0.39, 0.29) is 0 Å².